The Morgan fingerprint density at radius 1 is 1.29 bits per heavy atom. The fourth-order valence-electron chi connectivity index (χ4n) is 2.43. The van der Waals surface area contributed by atoms with E-state index in [4.69, 9.17) is 17.3 Å². The van der Waals surface area contributed by atoms with Crippen molar-refractivity contribution in [2.75, 3.05) is 0 Å². The van der Waals surface area contributed by atoms with E-state index in [1.165, 1.54) is 19.3 Å². The molecule has 1 aromatic rings. The first-order valence-corrected chi connectivity index (χ1v) is 7.60. The van der Waals surface area contributed by atoms with Gasteiger partial charge in [0.15, 0.2) is 0 Å². The van der Waals surface area contributed by atoms with E-state index in [1.807, 2.05) is 30.3 Å². The number of nitrogens with one attached hydrogen (secondary N) is 1. The lowest BCUT2D eigenvalue weighted by Gasteiger charge is -2.18. The van der Waals surface area contributed by atoms with Crippen LogP contribution in [0.5, 0.6) is 0 Å². The van der Waals surface area contributed by atoms with Crippen LogP contribution in [0.15, 0.2) is 35.3 Å². The second-order valence-corrected chi connectivity index (χ2v) is 5.56. The number of carbonyl (C=O) groups is 1. The molecule has 0 heterocycles. The standard InChI is InChI=1S/C16H20ClN3O/c17-14-9-5-4-6-12(14)10-11-15(20-16(18)21)19-13-7-2-1-3-8-13/h4-6,9-11,13H,1-3,7-8H2,(H3,18,19,20,21)/b11-10+. The third-order valence-electron chi connectivity index (χ3n) is 3.47. The molecule has 1 saturated carbocycles. The van der Waals surface area contributed by atoms with Crippen molar-refractivity contribution in [3.05, 3.63) is 40.9 Å². The molecule has 4 nitrogen and oxygen atoms in total. The minimum atomic E-state index is -0.603. The highest BCUT2D eigenvalue weighted by Gasteiger charge is 2.13. The lowest BCUT2D eigenvalue weighted by molar-refractivity contribution is 0.253. The molecule has 3 N–H and O–H groups in total. The van der Waals surface area contributed by atoms with Gasteiger partial charge < -0.3 is 5.73 Å². The fourth-order valence-corrected chi connectivity index (χ4v) is 2.63. The maximum absolute atomic E-state index is 11.1. The van der Waals surface area contributed by atoms with Gasteiger partial charge in [0.1, 0.15) is 5.84 Å². The first-order chi connectivity index (χ1) is 10.1. The van der Waals surface area contributed by atoms with E-state index in [0.717, 1.165) is 18.4 Å². The smallest absolute Gasteiger partial charge is 0.317 e. The normalized spacial score (nSPS) is 17.1. The van der Waals surface area contributed by atoms with E-state index in [-0.39, 0.29) is 6.04 Å². The van der Waals surface area contributed by atoms with Crippen molar-refractivity contribution in [2.24, 2.45) is 10.7 Å². The SMILES string of the molecule is NC(=O)NC(/C=C/c1ccccc1Cl)=NC1CCCCC1. The van der Waals surface area contributed by atoms with Crippen LogP contribution in [0.25, 0.3) is 6.08 Å². The summed E-state index contributed by atoms with van der Waals surface area (Å²) in [4.78, 5) is 15.7. The average molecular weight is 306 g/mol. The molecule has 0 aromatic heterocycles. The zero-order valence-corrected chi connectivity index (χ0v) is 12.6. The van der Waals surface area contributed by atoms with E-state index < -0.39 is 6.03 Å². The molecule has 1 aromatic carbocycles. The Morgan fingerprint density at radius 3 is 2.67 bits per heavy atom. The van der Waals surface area contributed by atoms with Crippen molar-refractivity contribution in [3.8, 4) is 0 Å². The van der Waals surface area contributed by atoms with Crippen LogP contribution >= 0.6 is 11.6 Å². The fraction of sp³-hybridized carbons (Fsp3) is 0.375. The van der Waals surface area contributed by atoms with E-state index in [1.54, 1.807) is 6.08 Å². The molecule has 2 rings (SSSR count). The Morgan fingerprint density at radius 2 is 2.00 bits per heavy atom. The molecule has 0 unspecified atom stereocenters. The molecule has 0 spiro atoms. The molecule has 0 saturated heterocycles. The largest absolute Gasteiger partial charge is 0.351 e. The summed E-state index contributed by atoms with van der Waals surface area (Å²) >= 11 is 6.10. The summed E-state index contributed by atoms with van der Waals surface area (Å²) in [7, 11) is 0. The molecule has 21 heavy (non-hydrogen) atoms. The monoisotopic (exact) mass is 305 g/mol. The maximum atomic E-state index is 11.1. The van der Waals surface area contributed by atoms with E-state index in [0.29, 0.717) is 10.9 Å². The number of primary amides is 1. The summed E-state index contributed by atoms with van der Waals surface area (Å²) < 4.78 is 0. The molecule has 2 amide bonds. The van der Waals surface area contributed by atoms with Crippen LogP contribution in [0, 0.1) is 0 Å². The Balaban J connectivity index is 2.14. The number of amidine groups is 1. The third kappa shape index (κ3) is 5.23. The van der Waals surface area contributed by atoms with Crippen LogP contribution in [-0.2, 0) is 0 Å². The zero-order chi connectivity index (χ0) is 15.1. The van der Waals surface area contributed by atoms with Crippen molar-refractivity contribution in [1.29, 1.82) is 0 Å². The Labute approximate surface area is 130 Å². The van der Waals surface area contributed by atoms with Crippen LogP contribution in [0.2, 0.25) is 5.02 Å². The van der Waals surface area contributed by atoms with Gasteiger partial charge in [-0.05, 0) is 36.6 Å². The highest BCUT2D eigenvalue weighted by molar-refractivity contribution is 6.32. The van der Waals surface area contributed by atoms with Gasteiger partial charge in [-0.2, -0.15) is 0 Å². The number of hydrogen-bond donors (Lipinski definition) is 2. The molecule has 0 aliphatic heterocycles. The number of nitrogens with zero attached hydrogens (tertiary/aromatic N) is 1. The number of nitrogens with two attached hydrogens (primary N) is 1. The van der Waals surface area contributed by atoms with Crippen LogP contribution in [0.4, 0.5) is 4.79 Å². The number of carbonyl (C=O) groups excluding carboxylic acids is 1. The topological polar surface area (TPSA) is 67.5 Å². The van der Waals surface area contributed by atoms with Crippen molar-refractivity contribution in [2.45, 2.75) is 38.1 Å². The van der Waals surface area contributed by atoms with E-state index >= 15 is 0 Å². The van der Waals surface area contributed by atoms with Gasteiger partial charge in [0.2, 0.25) is 0 Å². The highest BCUT2D eigenvalue weighted by atomic mass is 35.5. The number of hydrogen-bond acceptors (Lipinski definition) is 2. The second-order valence-electron chi connectivity index (χ2n) is 5.15. The quantitative estimate of drug-likeness (QED) is 0.648. The second kappa shape index (κ2) is 7.84. The number of urea groups is 1. The summed E-state index contributed by atoms with van der Waals surface area (Å²) in [6.45, 7) is 0. The lowest BCUT2D eigenvalue weighted by atomic mass is 9.96. The van der Waals surface area contributed by atoms with Crippen molar-refractivity contribution < 1.29 is 4.79 Å². The van der Waals surface area contributed by atoms with Gasteiger partial charge in [0.05, 0.1) is 6.04 Å². The summed E-state index contributed by atoms with van der Waals surface area (Å²) in [5.74, 6) is 0.495. The molecule has 1 fully saturated rings. The van der Waals surface area contributed by atoms with Crippen molar-refractivity contribution >= 4 is 29.5 Å². The molecule has 0 radical (unpaired) electrons. The van der Waals surface area contributed by atoms with Gasteiger partial charge in [-0.3, -0.25) is 10.3 Å². The van der Waals surface area contributed by atoms with Crippen LogP contribution in [-0.4, -0.2) is 17.9 Å². The van der Waals surface area contributed by atoms with Crippen LogP contribution < -0.4 is 11.1 Å². The number of amides is 2. The minimum Gasteiger partial charge on any atom is -0.351 e. The Kier molecular flexibility index (Phi) is 5.81. The first kappa shape index (κ1) is 15.6. The van der Waals surface area contributed by atoms with Crippen molar-refractivity contribution in [1.82, 2.24) is 5.32 Å². The summed E-state index contributed by atoms with van der Waals surface area (Å²) in [6.07, 6.45) is 9.34. The molecule has 112 valence electrons. The molecule has 0 bridgehead atoms. The molecule has 1 aliphatic rings. The van der Waals surface area contributed by atoms with Gasteiger partial charge in [-0.15, -0.1) is 0 Å². The summed E-state index contributed by atoms with van der Waals surface area (Å²) in [6, 6.07) is 7.16. The zero-order valence-electron chi connectivity index (χ0n) is 11.9. The predicted octanol–water partition coefficient (Wildman–Crippen LogP) is 3.75. The number of benzene rings is 1. The number of rotatable bonds is 3. The first-order valence-electron chi connectivity index (χ1n) is 7.22. The third-order valence-corrected chi connectivity index (χ3v) is 3.82. The summed E-state index contributed by atoms with van der Waals surface area (Å²) in [5.41, 5.74) is 6.08. The van der Waals surface area contributed by atoms with Gasteiger partial charge >= 0.3 is 6.03 Å². The maximum Gasteiger partial charge on any atom is 0.317 e. The molecule has 1 aliphatic carbocycles. The lowest BCUT2D eigenvalue weighted by Crippen LogP contribution is -2.35. The van der Waals surface area contributed by atoms with Crippen LogP contribution in [0.1, 0.15) is 37.7 Å². The minimum absolute atomic E-state index is 0.261. The van der Waals surface area contributed by atoms with E-state index in [2.05, 4.69) is 10.3 Å². The molecule has 0 atom stereocenters. The Bertz CT molecular complexity index is 548. The molecular weight excluding hydrogens is 286 g/mol. The molecule has 5 heteroatoms. The van der Waals surface area contributed by atoms with Gasteiger partial charge in [-0.1, -0.05) is 49.1 Å². The van der Waals surface area contributed by atoms with Crippen molar-refractivity contribution in [3.63, 3.8) is 0 Å². The highest BCUT2D eigenvalue weighted by Crippen LogP contribution is 2.20. The molecular formula is C16H20ClN3O. The van der Waals surface area contributed by atoms with Crippen LogP contribution in [0.3, 0.4) is 0 Å². The Hall–Kier alpha value is -1.81. The van der Waals surface area contributed by atoms with Gasteiger partial charge in [0, 0.05) is 5.02 Å². The summed E-state index contributed by atoms with van der Waals surface area (Å²) in [5, 5.41) is 3.23. The number of halogens is 1. The average Bonchev–Trinajstić information content (AvgIpc) is 2.46. The number of aliphatic imine (C=N–C) groups is 1. The van der Waals surface area contributed by atoms with Gasteiger partial charge in [-0.25, -0.2) is 4.79 Å². The predicted molar refractivity (Wildman–Crippen MR) is 87.5 cm³/mol. The van der Waals surface area contributed by atoms with E-state index in [9.17, 15) is 4.79 Å². The van der Waals surface area contributed by atoms with Gasteiger partial charge in [0.25, 0.3) is 0 Å².